The minimum atomic E-state index is -1.03. The van der Waals surface area contributed by atoms with Crippen molar-refractivity contribution in [3.8, 4) is 11.5 Å². The average molecular weight is 377 g/mol. The molecule has 0 aromatic heterocycles. The quantitative estimate of drug-likeness (QED) is 0.408. The molecule has 0 spiro atoms. The molecule has 1 amide bonds. The number of rotatable bonds is 5. The Morgan fingerprint density at radius 2 is 1.88 bits per heavy atom. The van der Waals surface area contributed by atoms with Crippen molar-refractivity contribution in [2.75, 3.05) is 7.11 Å². The zero-order chi connectivity index (χ0) is 17.7. The van der Waals surface area contributed by atoms with Crippen LogP contribution in [0.25, 0.3) is 6.08 Å². The average Bonchev–Trinajstić information content (AvgIpc) is 2.56. The molecular formula is C18H21NNa2O5. The Labute approximate surface area is 198 Å². The second-order valence-electron chi connectivity index (χ2n) is 6.37. The molecule has 0 atom stereocenters. The van der Waals surface area contributed by atoms with Gasteiger partial charge in [-0.25, -0.2) is 0 Å². The van der Waals surface area contributed by atoms with Gasteiger partial charge in [0, 0.05) is 23.5 Å². The van der Waals surface area contributed by atoms with Gasteiger partial charge in [0.05, 0.1) is 7.11 Å². The number of carboxylic acids is 1. The molecule has 1 N–H and O–H groups in total. The number of carbonyl (C=O) groups is 2. The van der Waals surface area contributed by atoms with E-state index in [1.807, 2.05) is 0 Å². The number of carbonyl (C=O) groups excluding carboxylic acids is 2. The molecule has 1 aliphatic rings. The molecule has 0 aliphatic heterocycles. The molecule has 1 saturated carbocycles. The maximum atomic E-state index is 12.0. The summed E-state index contributed by atoms with van der Waals surface area (Å²) in [5, 5.41) is 25.4. The molecule has 2 rings (SSSR count). The van der Waals surface area contributed by atoms with Crippen LogP contribution in [0.15, 0.2) is 24.3 Å². The number of ether oxygens (including phenoxy) is 1. The maximum Gasteiger partial charge on any atom is 1.00 e. The number of benzene rings is 1. The van der Waals surface area contributed by atoms with Crippen LogP contribution < -0.4 is 79.4 Å². The van der Waals surface area contributed by atoms with Gasteiger partial charge in [-0.15, -0.1) is 0 Å². The van der Waals surface area contributed by atoms with Crippen LogP contribution >= 0.6 is 0 Å². The van der Waals surface area contributed by atoms with Crippen LogP contribution in [0.1, 0.15) is 38.2 Å². The number of hydrogen-bond acceptors (Lipinski definition) is 5. The van der Waals surface area contributed by atoms with E-state index >= 15 is 0 Å². The van der Waals surface area contributed by atoms with Gasteiger partial charge in [0.1, 0.15) is 5.75 Å². The molecule has 1 fully saturated rings. The van der Waals surface area contributed by atoms with Gasteiger partial charge in [-0.05, 0) is 43.4 Å². The Bertz CT molecular complexity index is 655. The van der Waals surface area contributed by atoms with E-state index in [1.165, 1.54) is 19.3 Å². The molecule has 0 radical (unpaired) electrons. The van der Waals surface area contributed by atoms with Gasteiger partial charge in [0.2, 0.25) is 5.91 Å². The Balaban J connectivity index is 0.00000312. The van der Waals surface area contributed by atoms with Crippen LogP contribution in [0.2, 0.25) is 0 Å². The molecule has 26 heavy (non-hydrogen) atoms. The number of amides is 1. The van der Waals surface area contributed by atoms with Gasteiger partial charge in [-0.3, -0.25) is 4.79 Å². The zero-order valence-electron chi connectivity index (χ0n) is 15.8. The standard InChI is InChI=1S/C18H23NO5.2Na/c1-18(17(22)23)9-7-13(8-10-18)19-16(21)6-4-12-3-5-14(20)15(11-12)24-2;;/h3-6,11,13,20H,7-10H2,1-2H3,(H,19,21)(H,22,23);;/q;2*+1/p-2/b6-4+;;. The van der Waals surface area contributed by atoms with Gasteiger partial charge in [0.15, 0.2) is 0 Å². The summed E-state index contributed by atoms with van der Waals surface area (Å²) in [4.78, 5) is 23.1. The molecular weight excluding hydrogens is 356 g/mol. The van der Waals surface area contributed by atoms with Gasteiger partial charge >= 0.3 is 59.1 Å². The van der Waals surface area contributed by atoms with E-state index in [9.17, 15) is 19.8 Å². The van der Waals surface area contributed by atoms with Crippen LogP contribution in [0.3, 0.4) is 0 Å². The first-order chi connectivity index (χ1) is 11.3. The van der Waals surface area contributed by atoms with E-state index in [0.717, 1.165) is 0 Å². The third-order valence-electron chi connectivity index (χ3n) is 4.54. The van der Waals surface area contributed by atoms with E-state index in [1.54, 1.807) is 25.1 Å². The molecule has 130 valence electrons. The predicted octanol–water partition coefficient (Wildman–Crippen LogP) is -5.39. The van der Waals surface area contributed by atoms with Crippen molar-refractivity contribution in [2.45, 2.75) is 38.6 Å². The fourth-order valence-corrected chi connectivity index (χ4v) is 2.81. The second kappa shape index (κ2) is 11.4. The fourth-order valence-electron chi connectivity index (χ4n) is 2.81. The first-order valence-electron chi connectivity index (χ1n) is 7.89. The summed E-state index contributed by atoms with van der Waals surface area (Å²) < 4.78 is 4.95. The van der Waals surface area contributed by atoms with Crippen molar-refractivity contribution in [1.82, 2.24) is 5.32 Å². The monoisotopic (exact) mass is 377 g/mol. The van der Waals surface area contributed by atoms with E-state index < -0.39 is 11.4 Å². The Morgan fingerprint density at radius 1 is 1.27 bits per heavy atom. The first-order valence-corrected chi connectivity index (χ1v) is 7.89. The van der Waals surface area contributed by atoms with Gasteiger partial charge in [-0.2, -0.15) is 0 Å². The summed E-state index contributed by atoms with van der Waals surface area (Å²) in [6.07, 6.45) is 5.21. The van der Waals surface area contributed by atoms with E-state index in [2.05, 4.69) is 5.32 Å². The predicted molar refractivity (Wildman–Crippen MR) is 85.0 cm³/mol. The molecule has 8 heteroatoms. The molecule has 1 aromatic carbocycles. The molecule has 1 aliphatic carbocycles. The number of methoxy groups -OCH3 is 1. The fraction of sp³-hybridized carbons (Fsp3) is 0.444. The number of hydrogen-bond donors (Lipinski definition) is 1. The summed E-state index contributed by atoms with van der Waals surface area (Å²) in [5.41, 5.74) is -0.108. The summed E-state index contributed by atoms with van der Waals surface area (Å²) in [6, 6.07) is 4.53. The number of nitrogens with one attached hydrogen (secondary N) is 1. The summed E-state index contributed by atoms with van der Waals surface area (Å²) in [7, 11) is 1.42. The largest absolute Gasteiger partial charge is 1.00 e. The summed E-state index contributed by atoms with van der Waals surface area (Å²) >= 11 is 0. The minimum absolute atomic E-state index is 0. The molecule has 0 heterocycles. The smallest absolute Gasteiger partial charge is 0.870 e. The molecule has 6 nitrogen and oxygen atoms in total. The molecule has 0 unspecified atom stereocenters. The molecule has 0 bridgehead atoms. The van der Waals surface area contributed by atoms with Crippen molar-refractivity contribution < 1.29 is 83.7 Å². The summed E-state index contributed by atoms with van der Waals surface area (Å²) in [6.45, 7) is 1.69. The van der Waals surface area contributed by atoms with Crippen LogP contribution in [0.5, 0.6) is 11.5 Å². The normalized spacial score (nSPS) is 22.0. The van der Waals surface area contributed by atoms with Gasteiger partial charge in [0.25, 0.3) is 0 Å². The Morgan fingerprint density at radius 3 is 2.42 bits per heavy atom. The minimum Gasteiger partial charge on any atom is -0.870 e. The van der Waals surface area contributed by atoms with Crippen LogP contribution in [0.4, 0.5) is 0 Å². The SMILES string of the molecule is COc1cc(/C=C/C(=O)NC2CCC(C)(C(=O)[O-])CC2)ccc1[O-].[Na+].[Na+]. The van der Waals surface area contributed by atoms with Crippen molar-refractivity contribution in [3.05, 3.63) is 29.8 Å². The summed E-state index contributed by atoms with van der Waals surface area (Å²) in [5.74, 6) is -1.26. The van der Waals surface area contributed by atoms with E-state index in [4.69, 9.17) is 4.74 Å². The maximum absolute atomic E-state index is 12.0. The third kappa shape index (κ3) is 6.91. The van der Waals surface area contributed by atoms with Crippen LogP contribution in [0, 0.1) is 5.41 Å². The molecule has 1 aromatic rings. The first kappa shape index (κ1) is 25.5. The Hall–Kier alpha value is -0.500. The van der Waals surface area contributed by atoms with Crippen molar-refractivity contribution >= 4 is 18.0 Å². The van der Waals surface area contributed by atoms with Crippen molar-refractivity contribution in [2.24, 2.45) is 5.41 Å². The second-order valence-corrected chi connectivity index (χ2v) is 6.37. The van der Waals surface area contributed by atoms with Gasteiger partial charge < -0.3 is 25.1 Å². The van der Waals surface area contributed by atoms with Crippen LogP contribution in [-0.2, 0) is 9.59 Å². The molecule has 0 saturated heterocycles. The zero-order valence-corrected chi connectivity index (χ0v) is 19.8. The number of aliphatic carboxylic acids is 1. The van der Waals surface area contributed by atoms with Gasteiger partial charge in [-0.1, -0.05) is 24.8 Å². The number of carboxylic acid groups (broad SMARTS) is 1. The van der Waals surface area contributed by atoms with Crippen molar-refractivity contribution in [3.63, 3.8) is 0 Å². The topological polar surface area (TPSA) is 102 Å². The van der Waals surface area contributed by atoms with E-state index in [-0.39, 0.29) is 82.6 Å². The third-order valence-corrected chi connectivity index (χ3v) is 4.54. The van der Waals surface area contributed by atoms with E-state index in [0.29, 0.717) is 31.2 Å². The Kier molecular flexibility index (Phi) is 11.1. The van der Waals surface area contributed by atoms with Crippen LogP contribution in [-0.4, -0.2) is 25.0 Å². The van der Waals surface area contributed by atoms with Crippen molar-refractivity contribution in [1.29, 1.82) is 0 Å².